The van der Waals surface area contributed by atoms with Crippen LogP contribution in [0, 0.1) is 11.2 Å². The molecule has 0 N–H and O–H groups in total. The van der Waals surface area contributed by atoms with Gasteiger partial charge in [0, 0.05) is 12.5 Å². The number of benzene rings is 1. The number of carbonyl (C=O) groups is 1. The Morgan fingerprint density at radius 1 is 1.53 bits per heavy atom. The molecule has 17 heavy (non-hydrogen) atoms. The predicted octanol–water partition coefficient (Wildman–Crippen LogP) is 3.99. The Bertz CT molecular complexity index is 488. The number of carbonyl (C=O) groups excluding carboxylic acids is 1. The summed E-state index contributed by atoms with van der Waals surface area (Å²) in [6, 6.07) is 2.67. The van der Waals surface area contributed by atoms with Crippen molar-refractivity contribution in [3.8, 4) is 5.75 Å². The van der Waals surface area contributed by atoms with Gasteiger partial charge in [0.2, 0.25) is 0 Å². The first-order valence-corrected chi connectivity index (χ1v) is 6.34. The topological polar surface area (TPSA) is 26.3 Å². The predicted molar refractivity (Wildman–Crippen MR) is 66.9 cm³/mol. The Morgan fingerprint density at radius 3 is 2.71 bits per heavy atom. The summed E-state index contributed by atoms with van der Waals surface area (Å²) in [6.07, 6.45) is 0.149. The molecule has 0 amide bonds. The normalized spacial score (nSPS) is 22.2. The van der Waals surface area contributed by atoms with Gasteiger partial charge in [0.25, 0.3) is 0 Å². The molecular weight excluding hydrogens is 310 g/mol. The zero-order valence-corrected chi connectivity index (χ0v) is 11.7. The lowest BCUT2D eigenvalue weighted by Crippen LogP contribution is -2.53. The summed E-state index contributed by atoms with van der Waals surface area (Å²) in [6.45, 7) is 3.65. The van der Waals surface area contributed by atoms with E-state index in [-0.39, 0.29) is 16.9 Å². The van der Waals surface area contributed by atoms with Crippen molar-refractivity contribution in [2.24, 2.45) is 5.41 Å². The molecule has 1 aliphatic carbocycles. The Kier molecular flexibility index (Phi) is 3.21. The van der Waals surface area contributed by atoms with Crippen molar-refractivity contribution in [1.82, 2.24) is 0 Å². The van der Waals surface area contributed by atoms with Gasteiger partial charge >= 0.3 is 0 Å². The number of hydrogen-bond acceptors (Lipinski definition) is 2. The summed E-state index contributed by atoms with van der Waals surface area (Å²) in [7, 11) is 0. The van der Waals surface area contributed by atoms with Gasteiger partial charge in [0.15, 0.2) is 0 Å². The molecule has 1 unspecified atom stereocenters. The van der Waals surface area contributed by atoms with Crippen molar-refractivity contribution in [3.63, 3.8) is 0 Å². The SMILES string of the molecule is CC1(C)C(=O)CC1Oc1cc(F)c(Cl)cc1Br. The highest BCUT2D eigenvalue weighted by Crippen LogP contribution is 2.41. The maximum atomic E-state index is 13.3. The van der Waals surface area contributed by atoms with Gasteiger partial charge in [-0.3, -0.25) is 4.79 Å². The van der Waals surface area contributed by atoms with Gasteiger partial charge in [-0.2, -0.15) is 0 Å². The quantitative estimate of drug-likeness (QED) is 0.770. The number of rotatable bonds is 2. The van der Waals surface area contributed by atoms with E-state index in [1.807, 2.05) is 13.8 Å². The zero-order chi connectivity index (χ0) is 12.8. The van der Waals surface area contributed by atoms with Gasteiger partial charge in [-0.25, -0.2) is 4.39 Å². The van der Waals surface area contributed by atoms with Gasteiger partial charge in [0.05, 0.1) is 14.9 Å². The van der Waals surface area contributed by atoms with Crippen LogP contribution in [0.25, 0.3) is 0 Å². The van der Waals surface area contributed by atoms with Gasteiger partial charge < -0.3 is 4.74 Å². The fraction of sp³-hybridized carbons (Fsp3) is 0.417. The van der Waals surface area contributed by atoms with Crippen LogP contribution in [0.3, 0.4) is 0 Å². The molecule has 1 aromatic rings. The molecule has 2 nitrogen and oxygen atoms in total. The number of ether oxygens (including phenoxy) is 1. The maximum Gasteiger partial charge on any atom is 0.145 e. The number of Topliss-reactive ketones (excluding diaryl/α,β-unsaturated/α-hetero) is 1. The highest BCUT2D eigenvalue weighted by Gasteiger charge is 2.49. The van der Waals surface area contributed by atoms with Crippen molar-refractivity contribution >= 4 is 33.3 Å². The lowest BCUT2D eigenvalue weighted by molar-refractivity contribution is -0.148. The first kappa shape index (κ1) is 12.8. The van der Waals surface area contributed by atoms with Crippen LogP contribution in [0.1, 0.15) is 20.3 Å². The molecular formula is C12H11BrClFO2. The molecule has 0 aromatic heterocycles. The number of halogens is 3. The highest BCUT2D eigenvalue weighted by molar-refractivity contribution is 9.10. The third-order valence-corrected chi connectivity index (χ3v) is 4.05. The zero-order valence-electron chi connectivity index (χ0n) is 9.39. The van der Waals surface area contributed by atoms with Crippen molar-refractivity contribution in [3.05, 3.63) is 27.4 Å². The Hall–Kier alpha value is -0.610. The van der Waals surface area contributed by atoms with Crippen molar-refractivity contribution in [1.29, 1.82) is 0 Å². The first-order valence-electron chi connectivity index (χ1n) is 5.17. The van der Waals surface area contributed by atoms with E-state index in [1.165, 1.54) is 12.1 Å². The second kappa shape index (κ2) is 4.25. The number of hydrogen-bond donors (Lipinski definition) is 0. The highest BCUT2D eigenvalue weighted by atomic mass is 79.9. The third kappa shape index (κ3) is 2.20. The minimum Gasteiger partial charge on any atom is -0.488 e. The Morgan fingerprint density at radius 2 is 2.18 bits per heavy atom. The molecule has 1 saturated carbocycles. The molecule has 0 radical (unpaired) electrons. The standard InChI is InChI=1S/C12H11BrClFO2/c1-12(2)10(16)5-11(12)17-9-4-8(15)7(14)3-6(9)13/h3-4,11H,5H2,1-2H3. The molecule has 1 aromatic carbocycles. The number of ketones is 1. The average Bonchev–Trinajstić information content (AvgIpc) is 2.25. The smallest absolute Gasteiger partial charge is 0.145 e. The van der Waals surface area contributed by atoms with E-state index in [9.17, 15) is 9.18 Å². The van der Waals surface area contributed by atoms with E-state index in [0.717, 1.165) is 0 Å². The lowest BCUT2D eigenvalue weighted by Gasteiger charge is -2.42. The van der Waals surface area contributed by atoms with Crippen LogP contribution >= 0.6 is 27.5 Å². The molecule has 2 rings (SSSR count). The Labute approximate surface area is 112 Å². The minimum atomic E-state index is -0.534. The summed E-state index contributed by atoms with van der Waals surface area (Å²) in [5.74, 6) is -0.00106. The van der Waals surface area contributed by atoms with E-state index < -0.39 is 11.2 Å². The maximum absolute atomic E-state index is 13.3. The van der Waals surface area contributed by atoms with Gasteiger partial charge in [-0.1, -0.05) is 11.6 Å². The van der Waals surface area contributed by atoms with Crippen molar-refractivity contribution < 1.29 is 13.9 Å². The molecule has 0 saturated heterocycles. The average molecular weight is 322 g/mol. The van der Waals surface area contributed by atoms with Crippen LogP contribution in [0.5, 0.6) is 5.75 Å². The van der Waals surface area contributed by atoms with E-state index in [0.29, 0.717) is 16.6 Å². The third-order valence-electron chi connectivity index (χ3n) is 3.14. The molecule has 0 aliphatic heterocycles. The van der Waals surface area contributed by atoms with Crippen molar-refractivity contribution in [2.75, 3.05) is 0 Å². The van der Waals surface area contributed by atoms with Crippen LogP contribution in [0.15, 0.2) is 16.6 Å². The van der Waals surface area contributed by atoms with Crippen LogP contribution < -0.4 is 4.74 Å². The Balaban J connectivity index is 2.21. The first-order chi connectivity index (χ1) is 7.82. The van der Waals surface area contributed by atoms with Crippen LogP contribution in [0.4, 0.5) is 4.39 Å². The molecule has 0 spiro atoms. The van der Waals surface area contributed by atoms with E-state index in [4.69, 9.17) is 16.3 Å². The lowest BCUT2D eigenvalue weighted by atomic mass is 9.68. The molecule has 0 heterocycles. The fourth-order valence-corrected chi connectivity index (χ4v) is 2.40. The molecule has 1 atom stereocenters. The van der Waals surface area contributed by atoms with Crippen LogP contribution in [0.2, 0.25) is 5.02 Å². The van der Waals surface area contributed by atoms with Gasteiger partial charge in [-0.05, 0) is 35.8 Å². The summed E-state index contributed by atoms with van der Waals surface area (Å²) in [4.78, 5) is 11.4. The van der Waals surface area contributed by atoms with Crippen LogP contribution in [-0.4, -0.2) is 11.9 Å². The second-order valence-electron chi connectivity index (χ2n) is 4.65. The fourth-order valence-electron chi connectivity index (χ4n) is 1.67. The van der Waals surface area contributed by atoms with E-state index in [1.54, 1.807) is 0 Å². The second-order valence-corrected chi connectivity index (χ2v) is 5.91. The summed E-state index contributed by atoms with van der Waals surface area (Å²) in [5.41, 5.74) is -0.504. The van der Waals surface area contributed by atoms with Gasteiger partial charge in [0.1, 0.15) is 23.5 Å². The molecule has 1 aliphatic rings. The minimum absolute atomic E-state index is 0.0353. The molecule has 0 bridgehead atoms. The molecule has 92 valence electrons. The van der Waals surface area contributed by atoms with Crippen LogP contribution in [-0.2, 0) is 4.79 Å². The molecule has 5 heteroatoms. The summed E-state index contributed by atoms with van der Waals surface area (Å²) < 4.78 is 19.5. The van der Waals surface area contributed by atoms with Gasteiger partial charge in [-0.15, -0.1) is 0 Å². The summed E-state index contributed by atoms with van der Waals surface area (Å²) >= 11 is 8.89. The van der Waals surface area contributed by atoms with E-state index >= 15 is 0 Å². The largest absolute Gasteiger partial charge is 0.488 e. The molecule has 1 fully saturated rings. The van der Waals surface area contributed by atoms with Crippen molar-refractivity contribution in [2.45, 2.75) is 26.4 Å². The monoisotopic (exact) mass is 320 g/mol. The van der Waals surface area contributed by atoms with E-state index in [2.05, 4.69) is 15.9 Å². The summed E-state index contributed by atoms with van der Waals surface area (Å²) in [5, 5.41) is 0.0353.